The maximum atomic E-state index is 12.6. The molecule has 78 valence electrons. The van der Waals surface area contributed by atoms with Gasteiger partial charge in [-0.3, -0.25) is 5.10 Å². The largest absolute Gasteiger partial charge is 0.366 e. The summed E-state index contributed by atoms with van der Waals surface area (Å²) in [4.78, 5) is 3.89. The molecule has 0 aliphatic carbocycles. The van der Waals surface area contributed by atoms with Gasteiger partial charge in [0.1, 0.15) is 11.6 Å². The van der Waals surface area contributed by atoms with E-state index in [1.807, 2.05) is 6.92 Å². The van der Waals surface area contributed by atoms with E-state index in [9.17, 15) is 4.39 Å². The molecule has 2 N–H and O–H groups in total. The van der Waals surface area contributed by atoms with Crippen LogP contribution in [0.25, 0.3) is 0 Å². The Morgan fingerprint density at radius 2 is 2.27 bits per heavy atom. The maximum Gasteiger partial charge on any atom is 0.141 e. The van der Waals surface area contributed by atoms with Crippen molar-refractivity contribution < 1.29 is 4.39 Å². The molecule has 0 aliphatic heterocycles. The first-order chi connectivity index (χ1) is 7.25. The lowest BCUT2D eigenvalue weighted by atomic mass is 10.2. The van der Waals surface area contributed by atoms with Crippen molar-refractivity contribution in [1.29, 1.82) is 0 Å². The lowest BCUT2D eigenvalue weighted by Crippen LogP contribution is -2.01. The Kier molecular flexibility index (Phi) is 2.62. The summed E-state index contributed by atoms with van der Waals surface area (Å²) in [5.74, 6) is 0.317. The number of aryl methyl sites for hydroxylation is 1. The molecule has 0 aliphatic rings. The van der Waals surface area contributed by atoms with Gasteiger partial charge in [-0.1, -0.05) is 0 Å². The lowest BCUT2D eigenvalue weighted by Gasteiger charge is -2.03. The first-order valence-corrected chi connectivity index (χ1v) is 4.60. The van der Waals surface area contributed by atoms with Crippen LogP contribution in [-0.4, -0.2) is 15.2 Å². The molecule has 5 heteroatoms. The topological polar surface area (TPSA) is 53.6 Å². The molecular weight excluding hydrogens is 195 g/mol. The number of aromatic nitrogens is 3. The molecular formula is C10H11FN4. The van der Waals surface area contributed by atoms with Gasteiger partial charge in [-0.05, 0) is 19.1 Å². The zero-order chi connectivity index (χ0) is 10.7. The summed E-state index contributed by atoms with van der Waals surface area (Å²) < 4.78 is 12.6. The van der Waals surface area contributed by atoms with Crippen molar-refractivity contribution in [3.63, 3.8) is 0 Å². The van der Waals surface area contributed by atoms with Crippen LogP contribution in [0.5, 0.6) is 0 Å². The van der Waals surface area contributed by atoms with Gasteiger partial charge in [0.2, 0.25) is 0 Å². The molecule has 0 atom stereocenters. The molecule has 2 heterocycles. The van der Waals surface area contributed by atoms with Crippen LogP contribution in [0.2, 0.25) is 0 Å². The van der Waals surface area contributed by atoms with Crippen LogP contribution in [0.15, 0.2) is 24.5 Å². The van der Waals surface area contributed by atoms with Gasteiger partial charge in [-0.25, -0.2) is 9.37 Å². The van der Waals surface area contributed by atoms with Gasteiger partial charge in [0.25, 0.3) is 0 Å². The summed E-state index contributed by atoms with van der Waals surface area (Å²) in [7, 11) is 0. The number of halogens is 1. The average molecular weight is 206 g/mol. The Labute approximate surface area is 86.6 Å². The highest BCUT2D eigenvalue weighted by molar-refractivity contribution is 5.35. The van der Waals surface area contributed by atoms with Crippen molar-refractivity contribution in [3.8, 4) is 0 Å². The molecule has 2 aromatic heterocycles. The van der Waals surface area contributed by atoms with E-state index in [0.29, 0.717) is 12.4 Å². The van der Waals surface area contributed by atoms with Crippen molar-refractivity contribution in [3.05, 3.63) is 41.6 Å². The van der Waals surface area contributed by atoms with Crippen LogP contribution in [0, 0.1) is 12.7 Å². The summed E-state index contributed by atoms with van der Waals surface area (Å²) >= 11 is 0. The van der Waals surface area contributed by atoms with Crippen molar-refractivity contribution in [2.45, 2.75) is 13.5 Å². The molecule has 15 heavy (non-hydrogen) atoms. The van der Waals surface area contributed by atoms with Gasteiger partial charge >= 0.3 is 0 Å². The number of nitrogens with one attached hydrogen (secondary N) is 2. The summed E-state index contributed by atoms with van der Waals surface area (Å²) in [5.41, 5.74) is 2.09. The van der Waals surface area contributed by atoms with Crippen molar-refractivity contribution in [2.24, 2.45) is 0 Å². The third-order valence-corrected chi connectivity index (χ3v) is 2.12. The Balaban J connectivity index is 1.99. The van der Waals surface area contributed by atoms with Crippen LogP contribution in [0.4, 0.5) is 10.2 Å². The summed E-state index contributed by atoms with van der Waals surface area (Å²) in [5, 5.41) is 9.82. The van der Waals surface area contributed by atoms with Crippen molar-refractivity contribution >= 4 is 5.82 Å². The number of hydrogen-bond acceptors (Lipinski definition) is 3. The first-order valence-electron chi connectivity index (χ1n) is 4.60. The predicted molar refractivity (Wildman–Crippen MR) is 54.8 cm³/mol. The smallest absolute Gasteiger partial charge is 0.141 e. The molecule has 4 nitrogen and oxygen atoms in total. The van der Waals surface area contributed by atoms with Gasteiger partial charge in [-0.15, -0.1) is 0 Å². The van der Waals surface area contributed by atoms with Crippen LogP contribution in [-0.2, 0) is 6.54 Å². The molecule has 2 rings (SSSR count). The van der Waals surface area contributed by atoms with Gasteiger partial charge in [0, 0.05) is 17.8 Å². The van der Waals surface area contributed by atoms with Crippen molar-refractivity contribution in [2.75, 3.05) is 5.32 Å². The highest BCUT2D eigenvalue weighted by Crippen LogP contribution is 2.08. The average Bonchev–Trinajstić information content (AvgIpc) is 2.63. The number of aromatic amines is 1. The third kappa shape index (κ3) is 2.31. The number of H-pyrrole nitrogens is 1. The van der Waals surface area contributed by atoms with E-state index in [4.69, 9.17) is 0 Å². The van der Waals surface area contributed by atoms with E-state index < -0.39 is 0 Å². The molecule has 0 aromatic carbocycles. The number of hydrogen-bond donors (Lipinski definition) is 2. The number of anilines is 1. The number of rotatable bonds is 3. The fraction of sp³-hybridized carbons (Fsp3) is 0.200. The lowest BCUT2D eigenvalue weighted by molar-refractivity contribution is 0.621. The molecule has 0 amide bonds. The van der Waals surface area contributed by atoms with Crippen LogP contribution in [0.1, 0.15) is 11.3 Å². The molecule has 0 spiro atoms. The summed E-state index contributed by atoms with van der Waals surface area (Å²) in [6.45, 7) is 2.57. The van der Waals surface area contributed by atoms with Crippen LogP contribution >= 0.6 is 0 Å². The van der Waals surface area contributed by atoms with E-state index in [0.717, 1.165) is 11.3 Å². The third-order valence-electron chi connectivity index (χ3n) is 2.12. The van der Waals surface area contributed by atoms with Crippen LogP contribution < -0.4 is 5.32 Å². The quantitative estimate of drug-likeness (QED) is 0.806. The molecule has 0 fully saturated rings. The number of nitrogens with zero attached hydrogens (tertiary/aromatic N) is 2. The Morgan fingerprint density at radius 3 is 2.87 bits per heavy atom. The van der Waals surface area contributed by atoms with Gasteiger partial charge in [-0.2, -0.15) is 5.10 Å². The molecule has 0 unspecified atom stereocenters. The zero-order valence-electron chi connectivity index (χ0n) is 8.29. The highest BCUT2D eigenvalue weighted by atomic mass is 19.1. The second-order valence-corrected chi connectivity index (χ2v) is 3.24. The molecule has 0 radical (unpaired) electrons. The molecule has 0 bridgehead atoms. The minimum absolute atomic E-state index is 0.333. The predicted octanol–water partition coefficient (Wildman–Crippen LogP) is 1.86. The Morgan fingerprint density at radius 1 is 1.40 bits per heavy atom. The molecule has 0 saturated heterocycles. The van der Waals surface area contributed by atoms with E-state index >= 15 is 0 Å². The SMILES string of the molecule is Cc1[nH]ncc1CNc1ccc(F)cn1. The van der Waals surface area contributed by atoms with Crippen molar-refractivity contribution in [1.82, 2.24) is 15.2 Å². The van der Waals surface area contributed by atoms with E-state index in [1.165, 1.54) is 12.3 Å². The van der Waals surface area contributed by atoms with Gasteiger partial charge < -0.3 is 5.32 Å². The second kappa shape index (κ2) is 4.08. The van der Waals surface area contributed by atoms with Gasteiger partial charge in [0.15, 0.2) is 0 Å². The standard InChI is InChI=1S/C10H11FN4/c1-7-8(5-14-15-7)4-12-10-3-2-9(11)6-13-10/h2-3,5-6H,4H2,1H3,(H,12,13)(H,14,15). The first kappa shape index (κ1) is 9.64. The normalized spacial score (nSPS) is 10.3. The second-order valence-electron chi connectivity index (χ2n) is 3.24. The Bertz CT molecular complexity index is 435. The maximum absolute atomic E-state index is 12.6. The minimum atomic E-state index is -0.333. The Hall–Kier alpha value is -1.91. The van der Waals surface area contributed by atoms with E-state index in [1.54, 1.807) is 12.3 Å². The fourth-order valence-electron chi connectivity index (χ4n) is 1.22. The van der Waals surface area contributed by atoms with E-state index in [-0.39, 0.29) is 5.82 Å². The molecule has 0 saturated carbocycles. The highest BCUT2D eigenvalue weighted by Gasteiger charge is 2.00. The molecule has 2 aromatic rings. The fourth-order valence-corrected chi connectivity index (χ4v) is 1.22. The zero-order valence-corrected chi connectivity index (χ0v) is 8.29. The monoisotopic (exact) mass is 206 g/mol. The minimum Gasteiger partial charge on any atom is -0.366 e. The summed E-state index contributed by atoms with van der Waals surface area (Å²) in [6, 6.07) is 2.97. The number of pyridine rings is 1. The van der Waals surface area contributed by atoms with E-state index in [2.05, 4.69) is 20.5 Å². The summed E-state index contributed by atoms with van der Waals surface area (Å²) in [6.07, 6.45) is 2.94. The van der Waals surface area contributed by atoms with Gasteiger partial charge in [0.05, 0.1) is 12.4 Å². The van der Waals surface area contributed by atoms with Crippen LogP contribution in [0.3, 0.4) is 0 Å².